The van der Waals surface area contributed by atoms with Crippen LogP contribution >= 0.6 is 0 Å². The van der Waals surface area contributed by atoms with Crippen LogP contribution < -0.4 is 4.90 Å². The molecule has 0 radical (unpaired) electrons. The number of nitrogens with one attached hydrogen (secondary N) is 1. The van der Waals surface area contributed by atoms with E-state index in [2.05, 4.69) is 33.9 Å². The molecule has 0 bridgehead atoms. The smallest absolute Gasteiger partial charge is 0.254 e. The molecule has 3 aromatic rings. The van der Waals surface area contributed by atoms with E-state index < -0.39 is 5.82 Å². The van der Waals surface area contributed by atoms with Crippen molar-refractivity contribution >= 4 is 17.5 Å². The van der Waals surface area contributed by atoms with Crippen molar-refractivity contribution in [2.45, 2.75) is 39.8 Å². The quantitative estimate of drug-likeness (QED) is 0.620. The highest BCUT2D eigenvalue weighted by molar-refractivity contribution is 5.96. The minimum absolute atomic E-state index is 0.140. The minimum Gasteiger partial charge on any atom is -0.333 e. The van der Waals surface area contributed by atoms with Gasteiger partial charge in [-0.15, -0.1) is 0 Å². The Kier molecular flexibility index (Phi) is 7.55. The van der Waals surface area contributed by atoms with E-state index in [0.29, 0.717) is 36.7 Å². The monoisotopic (exact) mass is 478 g/mol. The van der Waals surface area contributed by atoms with Crippen LogP contribution in [0.25, 0.3) is 11.4 Å². The van der Waals surface area contributed by atoms with E-state index in [1.165, 1.54) is 25.4 Å². The molecular formula is C26H31FN6O2. The van der Waals surface area contributed by atoms with E-state index in [1.54, 1.807) is 28.0 Å². The van der Waals surface area contributed by atoms with Crippen molar-refractivity contribution in [1.82, 2.24) is 25.0 Å². The molecule has 1 aliphatic heterocycles. The molecule has 0 spiro atoms. The van der Waals surface area contributed by atoms with Gasteiger partial charge in [0.1, 0.15) is 12.1 Å². The molecule has 0 fully saturated rings. The SMILES string of the molecule is CC(=O)N1CCCN(C(C)C)CCN(C(=O)c2cccc(-c3ncn[nH]3)c2)Cc2ccc(F)cc21. The molecular weight excluding hydrogens is 447 g/mol. The maximum Gasteiger partial charge on any atom is 0.254 e. The number of halogens is 1. The Morgan fingerprint density at radius 3 is 2.60 bits per heavy atom. The molecule has 9 heteroatoms. The lowest BCUT2D eigenvalue weighted by molar-refractivity contribution is -0.116. The van der Waals surface area contributed by atoms with Crippen LogP contribution in [-0.2, 0) is 11.3 Å². The van der Waals surface area contributed by atoms with Gasteiger partial charge in [-0.1, -0.05) is 18.2 Å². The van der Waals surface area contributed by atoms with E-state index >= 15 is 0 Å². The topological polar surface area (TPSA) is 85.4 Å². The molecule has 1 aliphatic rings. The summed E-state index contributed by atoms with van der Waals surface area (Å²) < 4.78 is 14.3. The van der Waals surface area contributed by atoms with Gasteiger partial charge in [0.2, 0.25) is 5.91 Å². The third-order valence-corrected chi connectivity index (χ3v) is 6.38. The fraction of sp³-hybridized carbons (Fsp3) is 0.385. The lowest BCUT2D eigenvalue weighted by atomic mass is 10.1. The van der Waals surface area contributed by atoms with Gasteiger partial charge in [0, 0.05) is 56.8 Å². The summed E-state index contributed by atoms with van der Waals surface area (Å²) in [6, 6.07) is 12.0. The summed E-state index contributed by atoms with van der Waals surface area (Å²) in [4.78, 5) is 36.1. The van der Waals surface area contributed by atoms with Gasteiger partial charge in [0.15, 0.2) is 5.82 Å². The van der Waals surface area contributed by atoms with Crippen LogP contribution in [0.5, 0.6) is 0 Å². The molecule has 0 aliphatic carbocycles. The maximum absolute atomic E-state index is 14.3. The predicted molar refractivity (Wildman–Crippen MR) is 132 cm³/mol. The number of nitrogens with zero attached hydrogens (tertiary/aromatic N) is 5. The lowest BCUT2D eigenvalue weighted by Gasteiger charge is -2.30. The molecule has 1 N–H and O–H groups in total. The number of H-pyrrole nitrogens is 1. The van der Waals surface area contributed by atoms with Gasteiger partial charge in [0.05, 0.1) is 5.69 Å². The number of aromatic amines is 1. The highest BCUT2D eigenvalue weighted by Gasteiger charge is 2.24. The van der Waals surface area contributed by atoms with Gasteiger partial charge >= 0.3 is 0 Å². The number of rotatable bonds is 3. The Balaban J connectivity index is 1.72. The van der Waals surface area contributed by atoms with Crippen LogP contribution in [0.1, 0.15) is 43.1 Å². The first-order valence-electron chi connectivity index (χ1n) is 11.9. The Labute approximate surface area is 204 Å². The minimum atomic E-state index is -0.411. The van der Waals surface area contributed by atoms with Gasteiger partial charge in [0.25, 0.3) is 5.91 Å². The summed E-state index contributed by atoms with van der Waals surface area (Å²) in [5.41, 5.74) is 2.54. The first-order valence-corrected chi connectivity index (χ1v) is 11.9. The molecule has 35 heavy (non-hydrogen) atoms. The van der Waals surface area contributed by atoms with Crippen molar-refractivity contribution < 1.29 is 14.0 Å². The summed E-state index contributed by atoms with van der Waals surface area (Å²) in [6.45, 7) is 8.46. The molecule has 2 amide bonds. The Morgan fingerprint density at radius 1 is 1.06 bits per heavy atom. The van der Waals surface area contributed by atoms with E-state index in [4.69, 9.17) is 0 Å². The average molecular weight is 479 g/mol. The molecule has 2 aromatic carbocycles. The molecule has 8 nitrogen and oxygen atoms in total. The van der Waals surface area contributed by atoms with Gasteiger partial charge in [-0.2, -0.15) is 5.10 Å². The number of hydrogen-bond acceptors (Lipinski definition) is 5. The standard InChI is InChI=1S/C26H31FN6O2/c1-18(2)31-10-5-11-33(19(3)34)24-15-23(27)9-8-22(24)16-32(13-12-31)26(35)21-7-4-6-20(14-21)25-28-17-29-30-25/h4,6-9,14-15,17-18H,5,10-13,16H2,1-3H3,(H,28,29,30). The molecule has 1 aromatic heterocycles. The fourth-order valence-electron chi connectivity index (χ4n) is 4.46. The second kappa shape index (κ2) is 10.8. The molecule has 4 rings (SSSR count). The van der Waals surface area contributed by atoms with Crippen molar-refractivity contribution in [1.29, 1.82) is 0 Å². The van der Waals surface area contributed by atoms with Gasteiger partial charge in [-0.25, -0.2) is 9.37 Å². The number of anilines is 1. The highest BCUT2D eigenvalue weighted by Crippen LogP contribution is 2.26. The molecule has 0 saturated heterocycles. The van der Waals surface area contributed by atoms with Gasteiger partial charge in [-0.3, -0.25) is 19.6 Å². The Bertz CT molecular complexity index is 1180. The largest absolute Gasteiger partial charge is 0.333 e. The number of carbonyl (C=O) groups excluding carboxylic acids is 2. The van der Waals surface area contributed by atoms with E-state index in [9.17, 15) is 14.0 Å². The molecule has 184 valence electrons. The Hall–Kier alpha value is -3.59. The summed E-state index contributed by atoms with van der Waals surface area (Å²) in [6.07, 6.45) is 2.18. The third kappa shape index (κ3) is 5.74. The summed E-state index contributed by atoms with van der Waals surface area (Å²) in [7, 11) is 0. The van der Waals surface area contributed by atoms with Crippen LogP contribution in [0, 0.1) is 5.82 Å². The van der Waals surface area contributed by atoms with Crippen LogP contribution in [0.15, 0.2) is 48.8 Å². The second-order valence-electron chi connectivity index (χ2n) is 9.07. The second-order valence-corrected chi connectivity index (χ2v) is 9.07. The molecule has 0 atom stereocenters. The van der Waals surface area contributed by atoms with Crippen molar-refractivity contribution in [3.8, 4) is 11.4 Å². The molecule has 2 heterocycles. The fourth-order valence-corrected chi connectivity index (χ4v) is 4.46. The van der Waals surface area contributed by atoms with Crippen molar-refractivity contribution in [3.63, 3.8) is 0 Å². The zero-order valence-electron chi connectivity index (χ0n) is 20.4. The van der Waals surface area contributed by atoms with Crippen molar-refractivity contribution in [2.75, 3.05) is 31.1 Å². The van der Waals surface area contributed by atoms with E-state index in [1.807, 2.05) is 12.1 Å². The summed E-state index contributed by atoms with van der Waals surface area (Å²) in [5, 5.41) is 6.72. The number of carbonyl (C=O) groups is 2. The first-order chi connectivity index (χ1) is 16.8. The van der Waals surface area contributed by atoms with Crippen LogP contribution in [0.3, 0.4) is 0 Å². The average Bonchev–Trinajstić information content (AvgIpc) is 3.37. The molecule has 0 saturated carbocycles. The normalized spacial score (nSPS) is 15.6. The first kappa shape index (κ1) is 24.5. The van der Waals surface area contributed by atoms with Crippen molar-refractivity contribution in [3.05, 3.63) is 65.7 Å². The number of hydrogen-bond donors (Lipinski definition) is 1. The van der Waals surface area contributed by atoms with E-state index in [-0.39, 0.29) is 24.4 Å². The van der Waals surface area contributed by atoms with Crippen molar-refractivity contribution in [2.24, 2.45) is 0 Å². The summed E-state index contributed by atoms with van der Waals surface area (Å²) >= 11 is 0. The zero-order valence-corrected chi connectivity index (χ0v) is 20.4. The van der Waals surface area contributed by atoms with Gasteiger partial charge in [-0.05, 0) is 50.1 Å². The number of amides is 2. The Morgan fingerprint density at radius 2 is 1.89 bits per heavy atom. The molecule has 0 unspecified atom stereocenters. The highest BCUT2D eigenvalue weighted by atomic mass is 19.1. The van der Waals surface area contributed by atoms with Crippen LogP contribution in [-0.4, -0.2) is 69.0 Å². The lowest BCUT2D eigenvalue weighted by Crippen LogP contribution is -2.41. The number of fused-ring (bicyclic) bond motifs is 1. The summed E-state index contributed by atoms with van der Waals surface area (Å²) in [5.74, 6) is -0.115. The predicted octanol–water partition coefficient (Wildman–Crippen LogP) is 3.72. The van der Waals surface area contributed by atoms with Crippen LogP contribution in [0.4, 0.5) is 10.1 Å². The van der Waals surface area contributed by atoms with Crippen LogP contribution in [0.2, 0.25) is 0 Å². The zero-order chi connectivity index (χ0) is 24.9. The maximum atomic E-state index is 14.3. The number of benzene rings is 2. The van der Waals surface area contributed by atoms with Gasteiger partial charge < -0.3 is 9.80 Å². The van der Waals surface area contributed by atoms with E-state index in [0.717, 1.165) is 24.1 Å². The third-order valence-electron chi connectivity index (χ3n) is 6.38. The number of aromatic nitrogens is 3.